The Labute approximate surface area is 163 Å². The van der Waals surface area contributed by atoms with Gasteiger partial charge in [-0.25, -0.2) is 18.4 Å². The zero-order chi connectivity index (χ0) is 19.6. The van der Waals surface area contributed by atoms with E-state index in [0.29, 0.717) is 16.9 Å². The molecule has 0 atom stereocenters. The van der Waals surface area contributed by atoms with Crippen LogP contribution in [0.15, 0.2) is 83.8 Å². The van der Waals surface area contributed by atoms with E-state index < -0.39 is 10.0 Å². The van der Waals surface area contributed by atoms with Gasteiger partial charge in [0, 0.05) is 5.69 Å². The highest BCUT2D eigenvalue weighted by atomic mass is 32.2. The first kappa shape index (κ1) is 17.9. The van der Waals surface area contributed by atoms with Crippen LogP contribution in [0.2, 0.25) is 0 Å². The topological polar surface area (TPSA) is 84.0 Å². The Morgan fingerprint density at radius 2 is 1.39 bits per heavy atom. The lowest BCUT2D eigenvalue weighted by atomic mass is 10.2. The molecular weight excluding hydrogens is 372 g/mol. The highest BCUT2D eigenvalue weighted by molar-refractivity contribution is 7.92. The Balaban J connectivity index is 1.79. The average Bonchev–Trinajstić information content (AvgIpc) is 2.69. The van der Waals surface area contributed by atoms with Crippen LogP contribution in [0.25, 0.3) is 11.0 Å². The first-order chi connectivity index (χ1) is 13.5. The van der Waals surface area contributed by atoms with Gasteiger partial charge in [-0.15, -0.1) is 0 Å². The fraction of sp³-hybridized carbons (Fsp3) is 0.0476. The SMILES string of the molecule is Cc1cccc(Nc2nc3ccccc3nc2NS(=O)(=O)c2ccccc2)c1. The van der Waals surface area contributed by atoms with Crippen LogP contribution < -0.4 is 10.0 Å². The van der Waals surface area contributed by atoms with Crippen molar-refractivity contribution in [1.82, 2.24) is 9.97 Å². The molecule has 0 saturated carbocycles. The number of aromatic nitrogens is 2. The standard InChI is InChI=1S/C21H18N4O2S/c1-15-8-7-9-16(14-15)22-20-21(24-19-13-6-5-12-18(19)23-20)25-28(26,27)17-10-3-2-4-11-17/h2-14H,1H3,(H,22,23)(H,24,25). The number of anilines is 3. The number of benzene rings is 3. The smallest absolute Gasteiger partial charge is 0.263 e. The molecule has 0 aliphatic heterocycles. The molecular formula is C21H18N4O2S. The summed E-state index contributed by atoms with van der Waals surface area (Å²) in [4.78, 5) is 9.23. The third-order valence-electron chi connectivity index (χ3n) is 4.14. The molecule has 3 aromatic carbocycles. The van der Waals surface area contributed by atoms with Gasteiger partial charge in [-0.2, -0.15) is 0 Å². The lowest BCUT2D eigenvalue weighted by molar-refractivity contribution is 0.601. The lowest BCUT2D eigenvalue weighted by Gasteiger charge is -2.14. The number of para-hydroxylation sites is 2. The number of hydrogen-bond acceptors (Lipinski definition) is 5. The van der Waals surface area contributed by atoms with Crippen molar-refractivity contribution in [1.29, 1.82) is 0 Å². The van der Waals surface area contributed by atoms with E-state index in [9.17, 15) is 8.42 Å². The van der Waals surface area contributed by atoms with Crippen LogP contribution in [-0.2, 0) is 10.0 Å². The molecule has 0 saturated heterocycles. The van der Waals surface area contributed by atoms with Gasteiger partial charge in [0.2, 0.25) is 0 Å². The van der Waals surface area contributed by atoms with Gasteiger partial charge >= 0.3 is 0 Å². The van der Waals surface area contributed by atoms with Crippen molar-refractivity contribution in [3.05, 3.63) is 84.4 Å². The van der Waals surface area contributed by atoms with Crippen LogP contribution >= 0.6 is 0 Å². The van der Waals surface area contributed by atoms with Gasteiger partial charge in [-0.1, -0.05) is 42.5 Å². The van der Waals surface area contributed by atoms with Crippen LogP contribution in [0.4, 0.5) is 17.3 Å². The van der Waals surface area contributed by atoms with Crippen molar-refractivity contribution < 1.29 is 8.42 Å². The van der Waals surface area contributed by atoms with E-state index in [-0.39, 0.29) is 10.7 Å². The normalized spacial score (nSPS) is 11.3. The molecule has 0 aliphatic rings. The van der Waals surface area contributed by atoms with Crippen molar-refractivity contribution in [2.45, 2.75) is 11.8 Å². The third-order valence-corrected chi connectivity index (χ3v) is 5.49. The maximum atomic E-state index is 12.8. The van der Waals surface area contributed by atoms with Gasteiger partial charge in [0.15, 0.2) is 11.6 Å². The number of nitrogens with one attached hydrogen (secondary N) is 2. The molecule has 6 nitrogen and oxygen atoms in total. The van der Waals surface area contributed by atoms with Gasteiger partial charge in [0.25, 0.3) is 10.0 Å². The van der Waals surface area contributed by atoms with Crippen molar-refractivity contribution in [2.24, 2.45) is 0 Å². The van der Waals surface area contributed by atoms with Crippen molar-refractivity contribution in [3.8, 4) is 0 Å². The number of fused-ring (bicyclic) bond motifs is 1. The largest absolute Gasteiger partial charge is 0.337 e. The number of hydrogen-bond donors (Lipinski definition) is 2. The van der Waals surface area contributed by atoms with Crippen LogP contribution in [-0.4, -0.2) is 18.4 Å². The number of aryl methyl sites for hydroxylation is 1. The first-order valence-electron chi connectivity index (χ1n) is 8.70. The molecule has 0 unspecified atom stereocenters. The zero-order valence-electron chi connectivity index (χ0n) is 15.1. The minimum absolute atomic E-state index is 0.143. The molecule has 0 radical (unpaired) electrons. The highest BCUT2D eigenvalue weighted by Crippen LogP contribution is 2.27. The Morgan fingerprint density at radius 1 is 0.750 bits per heavy atom. The Bertz CT molecular complexity index is 1240. The van der Waals surface area contributed by atoms with Crippen molar-refractivity contribution >= 4 is 38.4 Å². The number of sulfonamides is 1. The van der Waals surface area contributed by atoms with E-state index in [1.54, 1.807) is 24.3 Å². The summed E-state index contributed by atoms with van der Waals surface area (Å²) in [7, 11) is -3.80. The fourth-order valence-electron chi connectivity index (χ4n) is 2.80. The second-order valence-electron chi connectivity index (χ2n) is 6.32. The van der Waals surface area contributed by atoms with Crippen LogP contribution in [0.3, 0.4) is 0 Å². The van der Waals surface area contributed by atoms with E-state index >= 15 is 0 Å². The zero-order valence-corrected chi connectivity index (χ0v) is 15.9. The van der Waals surface area contributed by atoms with Crippen LogP contribution in [0.5, 0.6) is 0 Å². The van der Waals surface area contributed by atoms with Crippen molar-refractivity contribution in [3.63, 3.8) is 0 Å². The molecule has 2 N–H and O–H groups in total. The molecule has 140 valence electrons. The molecule has 1 heterocycles. The Morgan fingerprint density at radius 3 is 2.07 bits per heavy atom. The molecule has 7 heteroatoms. The van der Waals surface area contributed by atoms with Crippen LogP contribution in [0, 0.1) is 6.92 Å². The Kier molecular flexibility index (Phi) is 4.67. The Hall–Kier alpha value is -3.45. The summed E-state index contributed by atoms with van der Waals surface area (Å²) in [5.74, 6) is 0.480. The summed E-state index contributed by atoms with van der Waals surface area (Å²) in [6.07, 6.45) is 0. The lowest BCUT2D eigenvalue weighted by Crippen LogP contribution is -2.16. The molecule has 0 aliphatic carbocycles. The predicted octanol–water partition coefficient (Wildman–Crippen LogP) is 4.48. The second-order valence-corrected chi connectivity index (χ2v) is 8.00. The highest BCUT2D eigenvalue weighted by Gasteiger charge is 2.18. The molecule has 0 bridgehead atoms. The van der Waals surface area contributed by atoms with Gasteiger partial charge < -0.3 is 5.32 Å². The molecule has 28 heavy (non-hydrogen) atoms. The van der Waals surface area contributed by atoms with Gasteiger partial charge in [0.05, 0.1) is 15.9 Å². The minimum atomic E-state index is -3.80. The molecule has 0 amide bonds. The summed E-state index contributed by atoms with van der Waals surface area (Å²) < 4.78 is 28.1. The summed E-state index contributed by atoms with van der Waals surface area (Å²) >= 11 is 0. The number of nitrogens with zero attached hydrogens (tertiary/aromatic N) is 2. The van der Waals surface area contributed by atoms with E-state index in [1.165, 1.54) is 12.1 Å². The third kappa shape index (κ3) is 3.79. The minimum Gasteiger partial charge on any atom is -0.337 e. The summed E-state index contributed by atoms with van der Waals surface area (Å²) in [6.45, 7) is 1.98. The number of rotatable bonds is 5. The molecule has 1 aromatic heterocycles. The summed E-state index contributed by atoms with van der Waals surface area (Å²) in [5, 5.41) is 3.18. The van der Waals surface area contributed by atoms with E-state index in [4.69, 9.17) is 0 Å². The molecule has 4 rings (SSSR count). The van der Waals surface area contributed by atoms with E-state index in [0.717, 1.165) is 11.3 Å². The van der Waals surface area contributed by atoms with Gasteiger partial charge in [-0.05, 0) is 48.9 Å². The molecule has 0 fully saturated rings. The summed E-state index contributed by atoms with van der Waals surface area (Å²) in [6, 6.07) is 23.2. The predicted molar refractivity (Wildman–Crippen MR) is 111 cm³/mol. The maximum absolute atomic E-state index is 12.8. The first-order valence-corrected chi connectivity index (χ1v) is 10.2. The molecule has 0 spiro atoms. The summed E-state index contributed by atoms with van der Waals surface area (Å²) in [5.41, 5.74) is 3.14. The maximum Gasteiger partial charge on any atom is 0.263 e. The fourth-order valence-corrected chi connectivity index (χ4v) is 3.83. The van der Waals surface area contributed by atoms with Crippen molar-refractivity contribution in [2.75, 3.05) is 10.0 Å². The average molecular weight is 390 g/mol. The molecule has 4 aromatic rings. The van der Waals surface area contributed by atoms with Crippen LogP contribution in [0.1, 0.15) is 5.56 Å². The van der Waals surface area contributed by atoms with E-state index in [2.05, 4.69) is 20.0 Å². The quantitative estimate of drug-likeness (QED) is 0.525. The monoisotopic (exact) mass is 390 g/mol. The van der Waals surface area contributed by atoms with Gasteiger partial charge in [0.1, 0.15) is 0 Å². The second kappa shape index (κ2) is 7.28. The van der Waals surface area contributed by atoms with E-state index in [1.807, 2.05) is 49.4 Å². The van der Waals surface area contributed by atoms with Gasteiger partial charge in [-0.3, -0.25) is 4.72 Å².